The van der Waals surface area contributed by atoms with Gasteiger partial charge in [0.1, 0.15) is 0 Å². The van der Waals surface area contributed by atoms with Gasteiger partial charge in [-0.1, -0.05) is 6.07 Å². The van der Waals surface area contributed by atoms with Gasteiger partial charge in [0, 0.05) is 13.1 Å². The van der Waals surface area contributed by atoms with E-state index in [0.717, 1.165) is 50.9 Å². The molecule has 0 spiro atoms. The van der Waals surface area contributed by atoms with Crippen molar-refractivity contribution in [2.24, 2.45) is 0 Å². The highest BCUT2D eigenvalue weighted by molar-refractivity contribution is 7.92. The van der Waals surface area contributed by atoms with E-state index in [-0.39, 0.29) is 16.4 Å². The first kappa shape index (κ1) is 20.2. The summed E-state index contributed by atoms with van der Waals surface area (Å²) in [5.41, 5.74) is 2.01. The summed E-state index contributed by atoms with van der Waals surface area (Å²) in [4.78, 5) is 13.5. The van der Waals surface area contributed by atoms with E-state index in [1.165, 1.54) is 12.1 Å². The Morgan fingerprint density at radius 2 is 1.83 bits per heavy atom. The molecular formula is C22H23N3O4S. The number of piperidine rings is 1. The van der Waals surface area contributed by atoms with Crippen LogP contribution in [0.25, 0.3) is 0 Å². The van der Waals surface area contributed by atoms with Crippen LogP contribution in [0.5, 0.6) is 0 Å². The average Bonchev–Trinajstić information content (AvgIpc) is 3.59. The molecule has 1 aliphatic carbocycles. The topological polar surface area (TPSA) is 111 Å². The molecule has 2 fully saturated rings. The molecule has 0 amide bonds. The van der Waals surface area contributed by atoms with Crippen molar-refractivity contribution in [1.82, 2.24) is 0 Å². The second kappa shape index (κ2) is 8.00. The maximum atomic E-state index is 13.4. The molecule has 2 N–H and O–H groups in total. The number of carbonyl (C=O) groups is 1. The van der Waals surface area contributed by atoms with Crippen molar-refractivity contribution in [2.45, 2.75) is 42.9 Å². The summed E-state index contributed by atoms with van der Waals surface area (Å²) < 4.78 is 29.4. The zero-order valence-corrected chi connectivity index (χ0v) is 17.3. The van der Waals surface area contributed by atoms with E-state index >= 15 is 0 Å². The normalized spacial score (nSPS) is 16.7. The number of carboxylic acid groups (broad SMARTS) is 1. The summed E-state index contributed by atoms with van der Waals surface area (Å²) in [7, 11) is -4.04. The van der Waals surface area contributed by atoms with Crippen molar-refractivity contribution in [2.75, 3.05) is 22.7 Å². The molecule has 8 heteroatoms. The molecule has 1 heterocycles. The molecule has 2 aliphatic rings. The highest BCUT2D eigenvalue weighted by Crippen LogP contribution is 2.43. The van der Waals surface area contributed by atoms with Crippen LogP contribution < -0.4 is 9.62 Å². The molecule has 1 aliphatic heterocycles. The summed E-state index contributed by atoms with van der Waals surface area (Å²) in [6.45, 7) is 1.64. The number of nitrogens with one attached hydrogen (secondary N) is 1. The van der Waals surface area contributed by atoms with Gasteiger partial charge in [-0.05, 0) is 73.9 Å². The largest absolute Gasteiger partial charge is 0.478 e. The molecular weight excluding hydrogens is 402 g/mol. The lowest BCUT2D eigenvalue weighted by Gasteiger charge is -2.30. The fourth-order valence-electron chi connectivity index (χ4n) is 3.93. The highest BCUT2D eigenvalue weighted by Gasteiger charge is 2.32. The molecule has 0 unspecified atom stereocenters. The minimum Gasteiger partial charge on any atom is -0.478 e. The Morgan fingerprint density at radius 3 is 2.47 bits per heavy atom. The maximum Gasteiger partial charge on any atom is 0.335 e. The smallest absolute Gasteiger partial charge is 0.335 e. The fraction of sp³-hybridized carbons (Fsp3) is 0.364. The first-order valence-electron chi connectivity index (χ1n) is 10.1. The third-order valence-electron chi connectivity index (χ3n) is 5.63. The Bertz CT molecular complexity index is 1130. The van der Waals surface area contributed by atoms with Crippen molar-refractivity contribution in [3.8, 4) is 6.07 Å². The van der Waals surface area contributed by atoms with Gasteiger partial charge < -0.3 is 10.0 Å². The minimum absolute atomic E-state index is 0.00291. The number of anilines is 2. The van der Waals surface area contributed by atoms with E-state index in [1.807, 2.05) is 0 Å². The number of rotatable bonds is 6. The molecule has 30 heavy (non-hydrogen) atoms. The van der Waals surface area contributed by atoms with Crippen LogP contribution in [0.4, 0.5) is 11.4 Å². The average molecular weight is 426 g/mol. The number of sulfonamides is 1. The zero-order valence-electron chi connectivity index (χ0n) is 16.5. The summed E-state index contributed by atoms with van der Waals surface area (Å²) in [5.74, 6) is -1.04. The van der Waals surface area contributed by atoms with Crippen molar-refractivity contribution < 1.29 is 18.3 Å². The van der Waals surface area contributed by atoms with Crippen LogP contribution in [0, 0.1) is 11.3 Å². The number of nitriles is 1. The van der Waals surface area contributed by atoms with Gasteiger partial charge in [-0.2, -0.15) is 5.26 Å². The number of nitrogens with zero attached hydrogens (tertiary/aromatic N) is 2. The Kier molecular flexibility index (Phi) is 5.39. The Hall–Kier alpha value is -3.05. The maximum absolute atomic E-state index is 13.4. The summed E-state index contributed by atoms with van der Waals surface area (Å²) >= 11 is 0. The summed E-state index contributed by atoms with van der Waals surface area (Å²) in [6.07, 6.45) is 4.97. The van der Waals surface area contributed by atoms with Crippen molar-refractivity contribution in [3.05, 3.63) is 53.1 Å². The number of aromatic carboxylic acids is 1. The molecule has 1 saturated heterocycles. The van der Waals surface area contributed by atoms with E-state index < -0.39 is 16.0 Å². The van der Waals surface area contributed by atoms with Gasteiger partial charge in [0.2, 0.25) is 0 Å². The highest BCUT2D eigenvalue weighted by atomic mass is 32.2. The van der Waals surface area contributed by atoms with Gasteiger partial charge in [-0.25, -0.2) is 13.2 Å². The van der Waals surface area contributed by atoms with E-state index in [0.29, 0.717) is 16.8 Å². The van der Waals surface area contributed by atoms with E-state index in [1.54, 1.807) is 24.3 Å². The first-order chi connectivity index (χ1) is 14.4. The van der Waals surface area contributed by atoms with Crippen LogP contribution in [0.1, 0.15) is 59.5 Å². The number of benzene rings is 2. The Balaban J connectivity index is 1.76. The molecule has 0 bridgehead atoms. The van der Waals surface area contributed by atoms with Crippen molar-refractivity contribution >= 4 is 27.4 Å². The predicted molar refractivity (Wildman–Crippen MR) is 113 cm³/mol. The van der Waals surface area contributed by atoms with Crippen LogP contribution in [-0.4, -0.2) is 32.6 Å². The van der Waals surface area contributed by atoms with Gasteiger partial charge in [0.05, 0.1) is 33.5 Å². The van der Waals surface area contributed by atoms with Crippen LogP contribution in [0.3, 0.4) is 0 Å². The SMILES string of the molecule is N#Cc1ccc(N2CCCCC2)c(NS(=O)(=O)c2cc(C(=O)O)ccc2C2CC2)c1. The lowest BCUT2D eigenvalue weighted by atomic mass is 10.1. The Morgan fingerprint density at radius 1 is 1.10 bits per heavy atom. The molecule has 7 nitrogen and oxygen atoms in total. The van der Waals surface area contributed by atoms with E-state index in [9.17, 15) is 23.6 Å². The Labute approximate surface area is 176 Å². The van der Waals surface area contributed by atoms with Crippen LogP contribution >= 0.6 is 0 Å². The second-order valence-electron chi connectivity index (χ2n) is 7.83. The molecule has 4 rings (SSSR count). The summed E-state index contributed by atoms with van der Waals surface area (Å²) in [5, 5.41) is 18.6. The quantitative estimate of drug-likeness (QED) is 0.726. The first-order valence-corrected chi connectivity index (χ1v) is 11.6. The molecule has 0 aromatic heterocycles. The number of hydrogen-bond acceptors (Lipinski definition) is 5. The monoisotopic (exact) mass is 425 g/mol. The third-order valence-corrected chi connectivity index (χ3v) is 7.06. The number of hydrogen-bond donors (Lipinski definition) is 2. The van der Waals surface area contributed by atoms with Crippen LogP contribution in [-0.2, 0) is 10.0 Å². The number of carboxylic acids is 1. The van der Waals surface area contributed by atoms with Crippen LogP contribution in [0.15, 0.2) is 41.3 Å². The molecule has 156 valence electrons. The standard InChI is InChI=1S/C22H23N3O4S/c23-14-15-4-9-20(25-10-2-1-3-11-25)19(12-15)24-30(28,29)21-13-17(22(26)27)7-8-18(21)16-5-6-16/h4,7-9,12-13,16,24H,1-3,5-6,10-11H2,(H,26,27). The van der Waals surface area contributed by atoms with Crippen LogP contribution in [0.2, 0.25) is 0 Å². The van der Waals surface area contributed by atoms with Crippen molar-refractivity contribution in [3.63, 3.8) is 0 Å². The summed E-state index contributed by atoms with van der Waals surface area (Å²) in [6, 6.07) is 11.3. The lowest BCUT2D eigenvalue weighted by Crippen LogP contribution is -2.30. The lowest BCUT2D eigenvalue weighted by molar-refractivity contribution is 0.0696. The molecule has 0 atom stereocenters. The van der Waals surface area contributed by atoms with Gasteiger partial charge in [0.25, 0.3) is 10.0 Å². The molecule has 2 aromatic carbocycles. The van der Waals surface area contributed by atoms with E-state index in [4.69, 9.17) is 0 Å². The zero-order chi connectivity index (χ0) is 21.3. The molecule has 0 radical (unpaired) electrons. The fourth-order valence-corrected chi connectivity index (χ4v) is 5.32. The second-order valence-corrected chi connectivity index (χ2v) is 9.48. The van der Waals surface area contributed by atoms with Gasteiger partial charge >= 0.3 is 5.97 Å². The predicted octanol–water partition coefficient (Wildman–Crippen LogP) is 3.92. The molecule has 1 saturated carbocycles. The minimum atomic E-state index is -4.04. The van der Waals surface area contributed by atoms with Gasteiger partial charge in [0.15, 0.2) is 0 Å². The van der Waals surface area contributed by atoms with E-state index in [2.05, 4.69) is 15.7 Å². The van der Waals surface area contributed by atoms with Gasteiger partial charge in [-0.15, -0.1) is 0 Å². The molecule has 2 aromatic rings. The third kappa shape index (κ3) is 4.12. The van der Waals surface area contributed by atoms with Gasteiger partial charge in [-0.3, -0.25) is 4.72 Å². The van der Waals surface area contributed by atoms with Crippen molar-refractivity contribution in [1.29, 1.82) is 5.26 Å².